The first kappa shape index (κ1) is 19.0. The molecule has 0 amide bonds. The summed E-state index contributed by atoms with van der Waals surface area (Å²) in [5.74, 6) is -0.506. The zero-order chi connectivity index (χ0) is 20.1. The van der Waals surface area contributed by atoms with E-state index in [1.807, 2.05) is 0 Å². The van der Waals surface area contributed by atoms with Gasteiger partial charge < -0.3 is 28.8 Å². The molecule has 0 aliphatic carbocycles. The van der Waals surface area contributed by atoms with Crippen molar-refractivity contribution in [2.45, 2.75) is 0 Å². The molecule has 0 unspecified atom stereocenters. The third-order valence-corrected chi connectivity index (χ3v) is 3.79. The van der Waals surface area contributed by atoms with Crippen molar-refractivity contribution >= 4 is 23.9 Å². The Morgan fingerprint density at radius 2 is 1.86 bits per heavy atom. The van der Waals surface area contributed by atoms with Gasteiger partial charge in [0.25, 0.3) is 0 Å². The Balaban J connectivity index is 1.84. The first-order valence-corrected chi connectivity index (χ1v) is 8.18. The topological polar surface area (TPSA) is 106 Å². The van der Waals surface area contributed by atoms with E-state index in [4.69, 9.17) is 18.9 Å². The van der Waals surface area contributed by atoms with Crippen LogP contribution >= 0.6 is 0 Å². The van der Waals surface area contributed by atoms with Crippen LogP contribution in [-0.2, 0) is 14.3 Å². The van der Waals surface area contributed by atoms with Gasteiger partial charge in [-0.3, -0.25) is 0 Å². The highest BCUT2D eigenvalue weighted by Gasteiger charge is 2.24. The van der Waals surface area contributed by atoms with Gasteiger partial charge in [0.2, 0.25) is 5.90 Å². The highest BCUT2D eigenvalue weighted by molar-refractivity contribution is 6.12. The molecule has 0 radical (unpaired) electrons. The molecule has 0 N–H and O–H groups in total. The third kappa shape index (κ3) is 4.29. The van der Waals surface area contributed by atoms with Gasteiger partial charge in [0.1, 0.15) is 12.4 Å². The lowest BCUT2D eigenvalue weighted by atomic mass is 10.1. The lowest BCUT2D eigenvalue weighted by Crippen LogP contribution is -2.29. The van der Waals surface area contributed by atoms with Crippen LogP contribution in [0.4, 0.5) is 0 Å². The fraction of sp³-hybridized carbons (Fsp3) is 0.150. The number of hydrogen-bond acceptors (Lipinski definition) is 8. The Morgan fingerprint density at radius 3 is 2.50 bits per heavy atom. The van der Waals surface area contributed by atoms with E-state index in [1.165, 1.54) is 19.3 Å². The predicted molar refractivity (Wildman–Crippen MR) is 97.1 cm³/mol. The van der Waals surface area contributed by atoms with Crippen molar-refractivity contribution in [3.8, 4) is 17.2 Å². The van der Waals surface area contributed by atoms with Gasteiger partial charge in [0.15, 0.2) is 17.2 Å². The Kier molecular flexibility index (Phi) is 5.59. The zero-order valence-electron chi connectivity index (χ0n) is 15.1. The highest BCUT2D eigenvalue weighted by Crippen LogP contribution is 2.29. The summed E-state index contributed by atoms with van der Waals surface area (Å²) in [4.78, 5) is 26.9. The maximum absolute atomic E-state index is 12.1. The van der Waals surface area contributed by atoms with E-state index in [9.17, 15) is 14.7 Å². The van der Waals surface area contributed by atoms with Gasteiger partial charge in [-0.15, -0.1) is 0 Å². The Morgan fingerprint density at radius 1 is 1.11 bits per heavy atom. The number of nitrogens with zero attached hydrogens (tertiary/aromatic N) is 1. The minimum atomic E-state index is -1.35. The lowest BCUT2D eigenvalue weighted by Gasteiger charge is -2.11. The zero-order valence-corrected chi connectivity index (χ0v) is 15.1. The molecule has 0 aromatic heterocycles. The average molecular weight is 382 g/mol. The number of hydrogen-bond donors (Lipinski definition) is 0. The second kappa shape index (κ2) is 8.26. The molecule has 0 atom stereocenters. The van der Waals surface area contributed by atoms with Gasteiger partial charge in [0.05, 0.1) is 20.2 Å². The number of ether oxygens (including phenoxy) is 4. The summed E-state index contributed by atoms with van der Waals surface area (Å²) in [5.41, 5.74) is 1.36. The van der Waals surface area contributed by atoms with Crippen molar-refractivity contribution in [2.75, 3.05) is 20.8 Å². The fourth-order valence-electron chi connectivity index (χ4n) is 2.45. The van der Waals surface area contributed by atoms with E-state index < -0.39 is 18.5 Å². The number of cyclic esters (lactones) is 1. The first-order valence-electron chi connectivity index (χ1n) is 8.18. The number of rotatable bonds is 7. The molecule has 28 heavy (non-hydrogen) atoms. The fourth-order valence-corrected chi connectivity index (χ4v) is 2.45. The molecule has 0 saturated heterocycles. The van der Waals surface area contributed by atoms with E-state index in [1.54, 1.807) is 43.5 Å². The number of aliphatic imine (C=N–C) groups is 1. The van der Waals surface area contributed by atoms with Crippen LogP contribution in [0.5, 0.6) is 17.2 Å². The predicted octanol–water partition coefficient (Wildman–Crippen LogP) is 1.18. The van der Waals surface area contributed by atoms with Crippen LogP contribution in [0.2, 0.25) is 0 Å². The highest BCUT2D eigenvalue weighted by atomic mass is 16.6. The number of carbonyl (C=O) groups is 2. The second-order valence-corrected chi connectivity index (χ2v) is 5.64. The van der Waals surface area contributed by atoms with Gasteiger partial charge >= 0.3 is 5.97 Å². The number of esters is 1. The molecule has 3 rings (SSSR count). The molecule has 1 aliphatic rings. The Hall–Kier alpha value is -3.81. The minimum Gasteiger partial charge on any atom is -0.546 e. The van der Waals surface area contributed by atoms with Crippen molar-refractivity contribution in [1.82, 2.24) is 0 Å². The largest absolute Gasteiger partial charge is 0.546 e. The van der Waals surface area contributed by atoms with E-state index in [2.05, 4.69) is 4.99 Å². The van der Waals surface area contributed by atoms with Gasteiger partial charge in [-0.1, -0.05) is 6.07 Å². The SMILES string of the molecule is COc1ccc(C2=N/C(=C\c3ccc(OCC(=O)[O-])c(OC)c3)C(=O)O2)cc1. The number of carbonyl (C=O) groups excluding carboxylic acids is 2. The maximum atomic E-state index is 12.1. The van der Waals surface area contributed by atoms with Crippen molar-refractivity contribution < 1.29 is 33.6 Å². The molecule has 1 heterocycles. The summed E-state index contributed by atoms with van der Waals surface area (Å²) >= 11 is 0. The molecule has 2 aromatic carbocycles. The number of carboxylic acid groups (broad SMARTS) is 1. The summed E-state index contributed by atoms with van der Waals surface area (Å²) in [6.07, 6.45) is 1.53. The first-order chi connectivity index (χ1) is 13.5. The molecule has 8 heteroatoms. The number of carboxylic acids is 1. The van der Waals surface area contributed by atoms with Crippen LogP contribution in [0.25, 0.3) is 6.08 Å². The van der Waals surface area contributed by atoms with Gasteiger partial charge in [0, 0.05) is 5.56 Å². The van der Waals surface area contributed by atoms with Crippen LogP contribution in [-0.4, -0.2) is 38.7 Å². The van der Waals surface area contributed by atoms with E-state index in [0.717, 1.165) is 0 Å². The van der Waals surface area contributed by atoms with E-state index in [-0.39, 0.29) is 17.3 Å². The van der Waals surface area contributed by atoms with Crippen LogP contribution in [0.3, 0.4) is 0 Å². The number of methoxy groups -OCH3 is 2. The summed E-state index contributed by atoms with van der Waals surface area (Å²) < 4.78 is 20.6. The van der Waals surface area contributed by atoms with Gasteiger partial charge in [-0.2, -0.15) is 0 Å². The van der Waals surface area contributed by atoms with Crippen LogP contribution in [0, 0.1) is 0 Å². The van der Waals surface area contributed by atoms with E-state index >= 15 is 0 Å². The van der Waals surface area contributed by atoms with Crippen LogP contribution in [0.1, 0.15) is 11.1 Å². The molecule has 1 aliphatic heterocycles. The van der Waals surface area contributed by atoms with Crippen molar-refractivity contribution in [1.29, 1.82) is 0 Å². The second-order valence-electron chi connectivity index (χ2n) is 5.64. The van der Waals surface area contributed by atoms with Crippen molar-refractivity contribution in [3.05, 3.63) is 59.3 Å². The molecule has 0 saturated carbocycles. The average Bonchev–Trinajstić information content (AvgIpc) is 3.07. The molecule has 8 nitrogen and oxygen atoms in total. The molecule has 0 bridgehead atoms. The van der Waals surface area contributed by atoms with Gasteiger partial charge in [-0.25, -0.2) is 9.79 Å². The summed E-state index contributed by atoms with van der Waals surface area (Å²) in [7, 11) is 2.98. The standard InChI is InChI=1S/C20H17NO7/c1-25-14-6-4-13(5-7-14)19-21-15(20(24)28-19)9-12-3-8-16(17(10-12)26-2)27-11-18(22)23/h3-10H,11H2,1-2H3,(H,22,23)/p-1/b15-9-. The van der Waals surface area contributed by atoms with Crippen molar-refractivity contribution in [3.63, 3.8) is 0 Å². The normalized spacial score (nSPS) is 14.4. The molecule has 0 spiro atoms. The van der Waals surface area contributed by atoms with Crippen LogP contribution in [0.15, 0.2) is 53.2 Å². The molecule has 144 valence electrons. The Bertz CT molecular complexity index is 961. The Labute approximate surface area is 160 Å². The number of benzene rings is 2. The summed E-state index contributed by atoms with van der Waals surface area (Å²) in [6.45, 7) is -0.599. The minimum absolute atomic E-state index is 0.122. The summed E-state index contributed by atoms with van der Waals surface area (Å²) in [5, 5.41) is 10.5. The maximum Gasteiger partial charge on any atom is 0.363 e. The smallest absolute Gasteiger partial charge is 0.363 e. The quantitative estimate of drug-likeness (QED) is 0.523. The third-order valence-electron chi connectivity index (χ3n) is 3.79. The molecular weight excluding hydrogens is 366 g/mol. The molecule has 0 fully saturated rings. The monoisotopic (exact) mass is 382 g/mol. The summed E-state index contributed by atoms with van der Waals surface area (Å²) in [6, 6.07) is 11.7. The lowest BCUT2D eigenvalue weighted by molar-refractivity contribution is -0.307. The van der Waals surface area contributed by atoms with E-state index in [0.29, 0.717) is 22.6 Å². The molecular formula is C20H16NO7-. The molecule has 2 aromatic rings. The van der Waals surface area contributed by atoms with Crippen molar-refractivity contribution in [2.24, 2.45) is 4.99 Å². The van der Waals surface area contributed by atoms with Crippen LogP contribution < -0.4 is 19.3 Å². The number of aliphatic carboxylic acids is 1. The van der Waals surface area contributed by atoms with Gasteiger partial charge in [-0.05, 0) is 48.0 Å².